The second-order valence-electron chi connectivity index (χ2n) is 6.14. The zero-order valence-corrected chi connectivity index (χ0v) is 13.7. The molecule has 1 aliphatic rings. The van der Waals surface area contributed by atoms with Crippen LogP contribution in [0.5, 0.6) is 0 Å². The number of amides is 1. The molecule has 0 bridgehead atoms. The maximum absolute atomic E-state index is 12.4. The Bertz CT molecular complexity index is 904. The highest BCUT2D eigenvalue weighted by Crippen LogP contribution is 2.28. The number of carbonyl (C=O) groups excluding carboxylic acids is 1. The van der Waals surface area contributed by atoms with E-state index in [1.807, 2.05) is 25.1 Å². The van der Waals surface area contributed by atoms with E-state index in [0.29, 0.717) is 17.0 Å². The third-order valence-electron chi connectivity index (χ3n) is 4.28. The number of fused-ring (bicyclic) bond motifs is 1. The number of hydrogen-bond donors (Lipinski definition) is 2. The van der Waals surface area contributed by atoms with Crippen LogP contribution in [0.25, 0.3) is 11.0 Å². The number of H-pyrrole nitrogens is 1. The first-order valence-electron chi connectivity index (χ1n) is 8.10. The summed E-state index contributed by atoms with van der Waals surface area (Å²) in [6.45, 7) is 4.40. The first kappa shape index (κ1) is 15.0. The van der Waals surface area contributed by atoms with Gasteiger partial charge in [-0.1, -0.05) is 0 Å². The number of imidazole rings is 1. The average Bonchev–Trinajstić information content (AvgIpc) is 3.25. The molecule has 6 nitrogen and oxygen atoms in total. The maximum atomic E-state index is 12.4. The van der Waals surface area contributed by atoms with E-state index in [0.717, 1.165) is 42.1 Å². The van der Waals surface area contributed by atoms with Gasteiger partial charge in [-0.3, -0.25) is 4.79 Å². The SMILES string of the molecule is Cc1cc(C(=O)Nc2ccc3nc(C4CCCO4)[nH]c3c2)c(C)o1. The molecule has 24 heavy (non-hydrogen) atoms. The predicted octanol–water partition coefficient (Wildman–Crippen LogP) is 3.88. The molecule has 0 spiro atoms. The summed E-state index contributed by atoms with van der Waals surface area (Å²) in [7, 11) is 0. The zero-order chi connectivity index (χ0) is 16.7. The van der Waals surface area contributed by atoms with Crippen LogP contribution in [0.4, 0.5) is 5.69 Å². The van der Waals surface area contributed by atoms with Crippen molar-refractivity contribution in [2.24, 2.45) is 0 Å². The van der Waals surface area contributed by atoms with Gasteiger partial charge in [0.2, 0.25) is 0 Å². The number of aryl methyl sites for hydroxylation is 2. The zero-order valence-electron chi connectivity index (χ0n) is 13.7. The van der Waals surface area contributed by atoms with Crippen LogP contribution in [0.2, 0.25) is 0 Å². The van der Waals surface area contributed by atoms with Gasteiger partial charge in [-0.25, -0.2) is 4.98 Å². The van der Waals surface area contributed by atoms with Crippen LogP contribution in [-0.4, -0.2) is 22.5 Å². The van der Waals surface area contributed by atoms with Gasteiger partial charge >= 0.3 is 0 Å². The molecule has 0 radical (unpaired) electrons. The third-order valence-corrected chi connectivity index (χ3v) is 4.28. The van der Waals surface area contributed by atoms with Crippen LogP contribution < -0.4 is 5.32 Å². The highest BCUT2D eigenvalue weighted by Gasteiger charge is 2.21. The molecule has 1 aromatic carbocycles. The summed E-state index contributed by atoms with van der Waals surface area (Å²) >= 11 is 0. The van der Waals surface area contributed by atoms with Gasteiger partial charge in [0.25, 0.3) is 5.91 Å². The molecule has 0 aliphatic carbocycles. The summed E-state index contributed by atoms with van der Waals surface area (Å²) in [4.78, 5) is 20.3. The Hall–Kier alpha value is -2.60. The number of nitrogens with zero attached hydrogens (tertiary/aromatic N) is 1. The molecule has 0 saturated carbocycles. The molecule has 3 aromatic rings. The number of hydrogen-bond acceptors (Lipinski definition) is 4. The van der Waals surface area contributed by atoms with Crippen molar-refractivity contribution in [2.45, 2.75) is 32.8 Å². The topological polar surface area (TPSA) is 80.1 Å². The Morgan fingerprint density at radius 3 is 2.92 bits per heavy atom. The van der Waals surface area contributed by atoms with Crippen molar-refractivity contribution in [3.63, 3.8) is 0 Å². The molecule has 1 aliphatic heterocycles. The van der Waals surface area contributed by atoms with Gasteiger partial charge in [0.15, 0.2) is 0 Å². The summed E-state index contributed by atoms with van der Waals surface area (Å²) in [6, 6.07) is 7.38. The molecule has 124 valence electrons. The van der Waals surface area contributed by atoms with Crippen molar-refractivity contribution in [2.75, 3.05) is 11.9 Å². The molecule has 2 N–H and O–H groups in total. The monoisotopic (exact) mass is 325 g/mol. The standard InChI is InChI=1S/C18H19N3O3/c1-10-8-13(11(2)24-10)18(22)19-12-5-6-14-15(9-12)21-17(20-14)16-4-3-7-23-16/h5-6,8-9,16H,3-4,7H2,1-2H3,(H,19,22)(H,20,21). The van der Waals surface area contributed by atoms with Crippen LogP contribution in [0.3, 0.4) is 0 Å². The number of aromatic amines is 1. The van der Waals surface area contributed by atoms with Crippen molar-refractivity contribution in [1.82, 2.24) is 9.97 Å². The normalized spacial score (nSPS) is 17.5. The molecule has 4 rings (SSSR count). The van der Waals surface area contributed by atoms with Gasteiger partial charge in [0.1, 0.15) is 23.4 Å². The Kier molecular flexibility index (Phi) is 3.61. The highest BCUT2D eigenvalue weighted by atomic mass is 16.5. The van der Waals surface area contributed by atoms with E-state index >= 15 is 0 Å². The second-order valence-corrected chi connectivity index (χ2v) is 6.14. The molecule has 1 saturated heterocycles. The van der Waals surface area contributed by atoms with E-state index in [1.54, 1.807) is 13.0 Å². The Morgan fingerprint density at radius 1 is 1.33 bits per heavy atom. The number of nitrogens with one attached hydrogen (secondary N) is 2. The predicted molar refractivity (Wildman–Crippen MR) is 90.2 cm³/mol. The lowest BCUT2D eigenvalue weighted by Crippen LogP contribution is -2.11. The molecule has 1 unspecified atom stereocenters. The average molecular weight is 325 g/mol. The second kappa shape index (κ2) is 5.79. The van der Waals surface area contributed by atoms with E-state index in [4.69, 9.17) is 9.15 Å². The van der Waals surface area contributed by atoms with Gasteiger partial charge in [-0.2, -0.15) is 0 Å². The van der Waals surface area contributed by atoms with E-state index < -0.39 is 0 Å². The van der Waals surface area contributed by atoms with Gasteiger partial charge in [0.05, 0.1) is 16.6 Å². The summed E-state index contributed by atoms with van der Waals surface area (Å²) in [5.74, 6) is 2.02. The number of anilines is 1. The number of rotatable bonds is 3. The fraction of sp³-hybridized carbons (Fsp3) is 0.333. The Morgan fingerprint density at radius 2 is 2.21 bits per heavy atom. The lowest BCUT2D eigenvalue weighted by atomic mass is 10.2. The first-order valence-corrected chi connectivity index (χ1v) is 8.10. The number of benzene rings is 1. The summed E-state index contributed by atoms with van der Waals surface area (Å²) in [5, 5.41) is 2.91. The molecule has 1 fully saturated rings. The van der Waals surface area contributed by atoms with Gasteiger partial charge in [-0.05, 0) is 51.0 Å². The van der Waals surface area contributed by atoms with E-state index in [2.05, 4.69) is 15.3 Å². The minimum atomic E-state index is -0.178. The first-order chi connectivity index (χ1) is 11.6. The number of aromatic nitrogens is 2. The molecule has 3 heterocycles. The van der Waals surface area contributed by atoms with Gasteiger partial charge < -0.3 is 19.5 Å². The Balaban J connectivity index is 1.58. The summed E-state index contributed by atoms with van der Waals surface area (Å²) < 4.78 is 11.1. The molecular weight excluding hydrogens is 306 g/mol. The fourth-order valence-corrected chi connectivity index (χ4v) is 3.11. The maximum Gasteiger partial charge on any atom is 0.259 e. The number of ether oxygens (including phenoxy) is 1. The van der Waals surface area contributed by atoms with Crippen molar-refractivity contribution < 1.29 is 13.9 Å². The number of furan rings is 1. The lowest BCUT2D eigenvalue weighted by molar-refractivity contribution is 0.102. The van der Waals surface area contributed by atoms with Gasteiger partial charge in [-0.15, -0.1) is 0 Å². The van der Waals surface area contributed by atoms with Crippen molar-refractivity contribution in [3.8, 4) is 0 Å². The van der Waals surface area contributed by atoms with E-state index in [1.165, 1.54) is 0 Å². The lowest BCUT2D eigenvalue weighted by Gasteiger charge is -2.04. The molecule has 1 amide bonds. The fourth-order valence-electron chi connectivity index (χ4n) is 3.11. The van der Waals surface area contributed by atoms with Crippen molar-refractivity contribution >= 4 is 22.6 Å². The third kappa shape index (κ3) is 2.69. The van der Waals surface area contributed by atoms with Crippen LogP contribution in [0.15, 0.2) is 28.7 Å². The molecular formula is C18H19N3O3. The number of carbonyl (C=O) groups is 1. The van der Waals surface area contributed by atoms with Crippen LogP contribution in [0, 0.1) is 13.8 Å². The summed E-state index contributed by atoms with van der Waals surface area (Å²) in [5.41, 5.74) is 3.03. The molecule has 2 aromatic heterocycles. The van der Waals surface area contributed by atoms with Crippen LogP contribution in [-0.2, 0) is 4.74 Å². The summed E-state index contributed by atoms with van der Waals surface area (Å²) in [6.07, 6.45) is 2.10. The van der Waals surface area contributed by atoms with E-state index in [-0.39, 0.29) is 12.0 Å². The van der Waals surface area contributed by atoms with Crippen LogP contribution >= 0.6 is 0 Å². The van der Waals surface area contributed by atoms with Crippen LogP contribution in [0.1, 0.15) is 46.6 Å². The highest BCUT2D eigenvalue weighted by molar-refractivity contribution is 6.05. The van der Waals surface area contributed by atoms with Crippen molar-refractivity contribution in [1.29, 1.82) is 0 Å². The molecule has 6 heteroatoms. The van der Waals surface area contributed by atoms with E-state index in [9.17, 15) is 4.79 Å². The smallest absolute Gasteiger partial charge is 0.259 e. The largest absolute Gasteiger partial charge is 0.466 e. The Labute approximate surface area is 139 Å². The minimum absolute atomic E-state index is 0.0481. The molecule has 1 atom stereocenters. The van der Waals surface area contributed by atoms with Gasteiger partial charge in [0, 0.05) is 12.3 Å². The minimum Gasteiger partial charge on any atom is -0.466 e. The quantitative estimate of drug-likeness (QED) is 0.766. The van der Waals surface area contributed by atoms with Crippen molar-refractivity contribution in [3.05, 3.63) is 47.2 Å².